The van der Waals surface area contributed by atoms with E-state index < -0.39 is 47.4 Å². The number of fused-ring (bicyclic) bond motifs is 2. The molecule has 0 unspecified atom stereocenters. The number of nitrogens with zero attached hydrogens (tertiary/aromatic N) is 2. The Hall–Kier alpha value is -4.26. The van der Waals surface area contributed by atoms with E-state index in [0.29, 0.717) is 10.6 Å². The number of hydrogen-bond donors (Lipinski definition) is 3. The lowest BCUT2D eigenvalue weighted by molar-refractivity contribution is -0.149. The Morgan fingerprint density at radius 1 is 1.15 bits per heavy atom. The molecule has 0 bridgehead atoms. The van der Waals surface area contributed by atoms with E-state index in [4.69, 9.17) is 16.2 Å². The number of hydrogen-bond acceptors (Lipinski definition) is 7. The number of carbonyl (C=O) groups is 2. The van der Waals surface area contributed by atoms with Crippen LogP contribution < -0.4 is 21.5 Å². The van der Waals surface area contributed by atoms with E-state index >= 15 is 0 Å². The molecule has 5 N–H and O–H groups in total. The molecule has 8 nitrogen and oxygen atoms in total. The van der Waals surface area contributed by atoms with Crippen molar-refractivity contribution in [2.45, 2.75) is 24.4 Å². The summed E-state index contributed by atoms with van der Waals surface area (Å²) in [5.74, 6) is -4.25. The molecular weight excluding hydrogens is 538 g/mol. The van der Waals surface area contributed by atoms with E-state index in [1.165, 1.54) is 42.5 Å². The first-order valence-electron chi connectivity index (χ1n) is 11.6. The van der Waals surface area contributed by atoms with Crippen LogP contribution in [0.5, 0.6) is 5.75 Å². The van der Waals surface area contributed by atoms with Crippen LogP contribution in [0.1, 0.15) is 34.5 Å². The number of ether oxygens (including phenoxy) is 1. The molecule has 5 rings (SSSR count). The molecular formula is C26H21F4N5O3S. The van der Waals surface area contributed by atoms with Gasteiger partial charge in [0.1, 0.15) is 35.2 Å². The zero-order valence-corrected chi connectivity index (χ0v) is 21.1. The molecule has 202 valence electrons. The number of thiazole rings is 1. The summed E-state index contributed by atoms with van der Waals surface area (Å²) in [5.41, 5.74) is 10.4. The number of anilines is 1. The zero-order chi connectivity index (χ0) is 28.1. The highest BCUT2D eigenvalue weighted by Gasteiger charge is 2.47. The number of nitrogens with one attached hydrogen (secondary N) is 1. The highest BCUT2D eigenvalue weighted by molar-refractivity contribution is 7.22. The number of nitrogens with two attached hydrogens (primary N) is 2. The van der Waals surface area contributed by atoms with Crippen molar-refractivity contribution < 1.29 is 31.9 Å². The number of amides is 2. The van der Waals surface area contributed by atoms with Gasteiger partial charge >= 0.3 is 6.18 Å². The average Bonchev–Trinajstić information content (AvgIpc) is 3.42. The first-order chi connectivity index (χ1) is 18.4. The minimum absolute atomic E-state index is 0.000348. The highest BCUT2D eigenvalue weighted by atomic mass is 32.1. The zero-order valence-electron chi connectivity index (χ0n) is 20.3. The van der Waals surface area contributed by atoms with E-state index in [2.05, 4.69) is 15.3 Å². The van der Waals surface area contributed by atoms with Gasteiger partial charge in [-0.05, 0) is 55.5 Å². The van der Waals surface area contributed by atoms with Gasteiger partial charge in [0.25, 0.3) is 5.91 Å². The van der Waals surface area contributed by atoms with Crippen LogP contribution in [-0.2, 0) is 10.2 Å². The van der Waals surface area contributed by atoms with Gasteiger partial charge < -0.3 is 21.5 Å². The highest BCUT2D eigenvalue weighted by Crippen LogP contribution is 2.46. The molecule has 13 heteroatoms. The summed E-state index contributed by atoms with van der Waals surface area (Å²) in [6.07, 6.45) is -4.83. The minimum Gasteiger partial charge on any atom is -0.489 e. The van der Waals surface area contributed by atoms with Crippen molar-refractivity contribution >= 4 is 38.5 Å². The standard InChI is InChI=1S/C26H21F4N5O3S/c1-25(23(31)37)11-38-21-15(25)9-17(34-20(21)12-2-5-14(27)6-3-12)16(26(28,29)30)10-33-22(36)13-4-7-19-18(8-13)35-24(32)39-19/h2-9,16H,10-11H2,1H3,(H2,31,37)(H2,32,35)(H,33,36)/t16-,25+/m1/s1. The summed E-state index contributed by atoms with van der Waals surface area (Å²) in [6.45, 7) is 0.418. The number of primary amides is 1. The SMILES string of the molecule is C[C@]1(C(N)=O)COc2c1cc([C@@H](CNC(=O)c1ccc3sc(N)nc3c1)C(F)(F)F)nc2-c1ccc(F)cc1. The van der Waals surface area contributed by atoms with Crippen LogP contribution in [0.4, 0.5) is 22.7 Å². The second kappa shape index (κ2) is 9.49. The summed E-state index contributed by atoms with van der Waals surface area (Å²) < 4.78 is 63.1. The molecule has 3 heterocycles. The Balaban J connectivity index is 1.53. The van der Waals surface area contributed by atoms with Crippen molar-refractivity contribution in [2.24, 2.45) is 5.73 Å². The molecule has 0 saturated heterocycles. The molecule has 39 heavy (non-hydrogen) atoms. The van der Waals surface area contributed by atoms with Crippen LogP contribution in [0.2, 0.25) is 0 Å². The minimum atomic E-state index is -4.83. The first kappa shape index (κ1) is 26.4. The smallest absolute Gasteiger partial charge is 0.398 e. The van der Waals surface area contributed by atoms with Crippen molar-refractivity contribution in [1.29, 1.82) is 0 Å². The third kappa shape index (κ3) is 4.85. The van der Waals surface area contributed by atoms with Gasteiger partial charge in [-0.2, -0.15) is 13.2 Å². The quantitative estimate of drug-likeness (QED) is 0.302. The van der Waals surface area contributed by atoms with Crippen LogP contribution >= 0.6 is 11.3 Å². The predicted molar refractivity (Wildman–Crippen MR) is 137 cm³/mol. The summed E-state index contributed by atoms with van der Waals surface area (Å²) in [5, 5.41) is 2.62. The first-order valence-corrected chi connectivity index (χ1v) is 12.4. The lowest BCUT2D eigenvalue weighted by Gasteiger charge is -2.24. The topological polar surface area (TPSA) is 133 Å². The maximum Gasteiger partial charge on any atom is 0.398 e. The third-order valence-corrected chi connectivity index (χ3v) is 7.50. The van der Waals surface area contributed by atoms with Crippen molar-refractivity contribution in [2.75, 3.05) is 18.9 Å². The van der Waals surface area contributed by atoms with Crippen molar-refractivity contribution in [1.82, 2.24) is 15.3 Å². The summed E-state index contributed by atoms with van der Waals surface area (Å²) in [6, 6.07) is 10.6. The normalized spacial score (nSPS) is 17.5. The number of carbonyl (C=O) groups excluding carboxylic acids is 2. The van der Waals surface area contributed by atoms with E-state index in [-0.39, 0.29) is 34.7 Å². The molecule has 2 amide bonds. The summed E-state index contributed by atoms with van der Waals surface area (Å²) >= 11 is 1.22. The van der Waals surface area contributed by atoms with Gasteiger partial charge in [-0.15, -0.1) is 0 Å². The van der Waals surface area contributed by atoms with Gasteiger partial charge in [-0.1, -0.05) is 11.3 Å². The van der Waals surface area contributed by atoms with Gasteiger partial charge in [-0.3, -0.25) is 9.59 Å². The van der Waals surface area contributed by atoms with Crippen LogP contribution in [-0.4, -0.2) is 41.1 Å². The Morgan fingerprint density at radius 3 is 2.54 bits per heavy atom. The third-order valence-electron chi connectivity index (χ3n) is 6.64. The van der Waals surface area contributed by atoms with Crippen LogP contribution in [0, 0.1) is 5.82 Å². The molecule has 0 aliphatic carbocycles. The number of benzene rings is 2. The van der Waals surface area contributed by atoms with Gasteiger partial charge in [0.2, 0.25) is 5.91 Å². The van der Waals surface area contributed by atoms with Crippen LogP contribution in [0.15, 0.2) is 48.5 Å². The molecule has 1 aliphatic heterocycles. The fourth-order valence-electron chi connectivity index (χ4n) is 4.36. The molecule has 2 atom stereocenters. The predicted octanol–water partition coefficient (Wildman–Crippen LogP) is 4.29. The van der Waals surface area contributed by atoms with E-state index in [1.807, 2.05) is 0 Å². The second-order valence-corrected chi connectivity index (χ2v) is 10.4. The monoisotopic (exact) mass is 559 g/mol. The van der Waals surface area contributed by atoms with Crippen molar-refractivity contribution in [3.05, 3.63) is 71.2 Å². The summed E-state index contributed by atoms with van der Waals surface area (Å²) in [7, 11) is 0. The van der Waals surface area contributed by atoms with Gasteiger partial charge in [0.05, 0.1) is 15.9 Å². The molecule has 2 aromatic heterocycles. The molecule has 4 aromatic rings. The van der Waals surface area contributed by atoms with Crippen molar-refractivity contribution in [3.8, 4) is 17.0 Å². The van der Waals surface area contributed by atoms with Gasteiger partial charge in [0, 0.05) is 23.2 Å². The molecule has 0 saturated carbocycles. The molecule has 1 aliphatic rings. The fraction of sp³-hybridized carbons (Fsp3) is 0.231. The number of nitrogen functional groups attached to an aromatic ring is 1. The Kier molecular flexibility index (Phi) is 6.41. The number of aromatic nitrogens is 2. The van der Waals surface area contributed by atoms with E-state index in [9.17, 15) is 27.2 Å². The van der Waals surface area contributed by atoms with Gasteiger partial charge in [-0.25, -0.2) is 14.4 Å². The molecule has 0 spiro atoms. The molecule has 2 aromatic carbocycles. The molecule has 0 radical (unpaired) electrons. The number of halogens is 4. The van der Waals surface area contributed by atoms with E-state index in [1.54, 1.807) is 6.07 Å². The largest absolute Gasteiger partial charge is 0.489 e. The number of rotatable bonds is 6. The Bertz CT molecular complexity index is 1610. The lowest BCUT2D eigenvalue weighted by Crippen LogP contribution is -2.40. The Labute approximate surface area is 223 Å². The number of pyridine rings is 1. The van der Waals surface area contributed by atoms with E-state index in [0.717, 1.165) is 22.9 Å². The molecule has 0 fully saturated rings. The summed E-state index contributed by atoms with van der Waals surface area (Å²) in [4.78, 5) is 33.4. The Morgan fingerprint density at radius 2 is 1.87 bits per heavy atom. The average molecular weight is 560 g/mol. The van der Waals surface area contributed by atoms with Crippen LogP contribution in [0.25, 0.3) is 21.5 Å². The lowest BCUT2D eigenvalue weighted by atomic mass is 9.82. The van der Waals surface area contributed by atoms with Gasteiger partial charge in [0.15, 0.2) is 5.13 Å². The fourth-order valence-corrected chi connectivity index (χ4v) is 5.07. The number of alkyl halides is 3. The van der Waals surface area contributed by atoms with Crippen molar-refractivity contribution in [3.63, 3.8) is 0 Å². The van der Waals surface area contributed by atoms with Crippen LogP contribution in [0.3, 0.4) is 0 Å². The maximum atomic E-state index is 14.4. The maximum absolute atomic E-state index is 14.4. The second-order valence-electron chi connectivity index (χ2n) is 9.30.